The molecule has 4 atom stereocenters. The second-order valence-corrected chi connectivity index (χ2v) is 15.3. The summed E-state index contributed by atoms with van der Waals surface area (Å²) in [6.07, 6.45) is 27.0. The molecule has 0 aromatic carbocycles. The molecule has 0 aliphatic rings. The number of ketones is 1. The topological polar surface area (TPSA) is 78.4 Å². The largest absolute Gasteiger partial charge is 0.481 e. The van der Waals surface area contributed by atoms with Crippen LogP contribution in [0.4, 0.5) is 0 Å². The van der Waals surface area contributed by atoms with Crippen molar-refractivity contribution in [3.8, 4) is 12.3 Å². The van der Waals surface area contributed by atoms with Crippen molar-refractivity contribution in [1.82, 2.24) is 10.6 Å². The van der Waals surface area contributed by atoms with E-state index in [-0.39, 0.29) is 30.1 Å². The van der Waals surface area contributed by atoms with Gasteiger partial charge in [0.25, 0.3) is 0 Å². The van der Waals surface area contributed by atoms with Crippen molar-refractivity contribution in [2.75, 3.05) is 13.1 Å². The van der Waals surface area contributed by atoms with Crippen molar-refractivity contribution in [2.45, 2.75) is 134 Å². The van der Waals surface area contributed by atoms with Gasteiger partial charge in [-0.25, -0.2) is 0 Å². The third-order valence-electron chi connectivity index (χ3n) is 7.87. The molecule has 0 spiro atoms. The molecule has 0 aromatic heterocycles. The molecule has 0 aliphatic carbocycles. The maximum absolute atomic E-state index is 11.4. The molecule has 0 aliphatic heterocycles. The van der Waals surface area contributed by atoms with E-state index in [0.29, 0.717) is 31.2 Å². The first kappa shape index (κ1) is 57.1. The molecule has 0 amide bonds. The third kappa shape index (κ3) is 42.8. The van der Waals surface area contributed by atoms with Crippen LogP contribution >= 0.6 is 11.6 Å². The molecule has 0 radical (unpaired) electrons. The molecule has 5 nitrogen and oxygen atoms in total. The number of terminal acetylenes is 1. The van der Waals surface area contributed by atoms with Gasteiger partial charge >= 0.3 is 5.97 Å². The Hall–Kier alpha value is -3.59. The minimum atomic E-state index is -0.718. The molecule has 0 bridgehead atoms. The number of halogens is 1. The van der Waals surface area contributed by atoms with Gasteiger partial charge < -0.3 is 15.7 Å². The van der Waals surface area contributed by atoms with E-state index in [1.807, 2.05) is 78.0 Å². The van der Waals surface area contributed by atoms with Gasteiger partial charge in [-0.15, -0.1) is 13.0 Å². The monoisotopic (exact) mass is 767 g/mol. The lowest BCUT2D eigenvalue weighted by atomic mass is 9.87. The second kappa shape index (κ2) is 37.7. The first-order valence-electron chi connectivity index (χ1n) is 19.4. The molecule has 0 saturated heterocycles. The van der Waals surface area contributed by atoms with Gasteiger partial charge in [0.2, 0.25) is 0 Å². The molecular formula is C48H79ClN2O3. The standard InChI is InChI=1S/C18H26ClNO.C15H27NO2.C8H12.C7H14/c1-6-7-18(21)13-20-16(5)9-11-17(12-15(4)19)10-8-14(2)3;1-10(2)7-14(15(17)18)8-12(5)13(6)9-16-11(3)4;1-4-6-7-8(3)5-2;1-4-6-7(3)5-2/h1,8,10,12,16,20H,7,9,11,13H2,2-5H3;10,13-14,16H,3,5,7-9H2,1-2,4,6H3,(H,17,18);4-7H,2H2,1,3H3;5,7H,2,4,6H2,1,3H3/b15-12+,17-10-;;6-4-,8-7-;/t16-;;;/m0.../s1. The van der Waals surface area contributed by atoms with Crippen LogP contribution < -0.4 is 10.6 Å². The molecule has 0 fully saturated rings. The molecule has 306 valence electrons. The summed E-state index contributed by atoms with van der Waals surface area (Å²) in [6.45, 7) is 40.7. The fourth-order valence-electron chi connectivity index (χ4n) is 4.40. The van der Waals surface area contributed by atoms with Crippen molar-refractivity contribution in [3.05, 3.63) is 108 Å². The van der Waals surface area contributed by atoms with Crippen LogP contribution in [-0.4, -0.2) is 36.0 Å². The van der Waals surface area contributed by atoms with E-state index in [9.17, 15) is 14.7 Å². The summed E-state index contributed by atoms with van der Waals surface area (Å²) in [5, 5.41) is 16.3. The zero-order chi connectivity index (χ0) is 42.6. The molecule has 0 heterocycles. The quantitative estimate of drug-likeness (QED) is 0.0548. The van der Waals surface area contributed by atoms with Gasteiger partial charge in [-0.3, -0.25) is 9.59 Å². The lowest BCUT2D eigenvalue weighted by molar-refractivity contribution is -0.142. The number of carboxylic acids is 1. The number of carbonyl (C=O) groups is 2. The van der Waals surface area contributed by atoms with Crippen molar-refractivity contribution in [1.29, 1.82) is 0 Å². The molecule has 3 unspecified atom stereocenters. The number of carboxylic acid groups (broad SMARTS) is 1. The van der Waals surface area contributed by atoms with Gasteiger partial charge in [-0.1, -0.05) is 138 Å². The van der Waals surface area contributed by atoms with Gasteiger partial charge in [0.1, 0.15) is 0 Å². The Bertz CT molecular complexity index is 1280. The van der Waals surface area contributed by atoms with E-state index >= 15 is 0 Å². The van der Waals surface area contributed by atoms with Gasteiger partial charge in [-0.05, 0) is 110 Å². The van der Waals surface area contributed by atoms with Crippen LogP contribution in [0.3, 0.4) is 0 Å². The number of Topliss-reactive ketones (excluding diaryl/α,β-unsaturated/α-hetero) is 1. The highest BCUT2D eigenvalue weighted by molar-refractivity contribution is 6.29. The highest BCUT2D eigenvalue weighted by atomic mass is 35.5. The van der Waals surface area contributed by atoms with Crippen molar-refractivity contribution < 1.29 is 14.7 Å². The minimum absolute atomic E-state index is 0.0566. The summed E-state index contributed by atoms with van der Waals surface area (Å²) in [4.78, 5) is 22.5. The summed E-state index contributed by atoms with van der Waals surface area (Å²) < 4.78 is 0. The van der Waals surface area contributed by atoms with Crippen LogP contribution in [0.1, 0.15) is 128 Å². The predicted molar refractivity (Wildman–Crippen MR) is 242 cm³/mol. The highest BCUT2D eigenvalue weighted by Crippen LogP contribution is 2.23. The first-order valence-corrected chi connectivity index (χ1v) is 19.8. The molecular weight excluding hydrogens is 688 g/mol. The Labute approximate surface area is 338 Å². The Morgan fingerprint density at radius 3 is 1.98 bits per heavy atom. The summed E-state index contributed by atoms with van der Waals surface area (Å²) >= 11 is 5.96. The lowest BCUT2D eigenvalue weighted by Gasteiger charge is -2.20. The zero-order valence-corrected chi connectivity index (χ0v) is 37.2. The molecule has 0 rings (SSSR count). The number of rotatable bonds is 23. The fraction of sp³-hybridized carbons (Fsp3) is 0.542. The van der Waals surface area contributed by atoms with Crippen molar-refractivity contribution >= 4 is 23.4 Å². The average Bonchev–Trinajstić information content (AvgIpc) is 3.09. The van der Waals surface area contributed by atoms with E-state index in [0.717, 1.165) is 35.7 Å². The van der Waals surface area contributed by atoms with Gasteiger partial charge in [0.15, 0.2) is 5.78 Å². The fourth-order valence-corrected chi connectivity index (χ4v) is 4.54. The van der Waals surface area contributed by atoms with Gasteiger partial charge in [0.05, 0.1) is 18.9 Å². The number of carbonyl (C=O) groups excluding carboxylic acids is 1. The number of allylic oxidation sites excluding steroid dienone is 13. The van der Waals surface area contributed by atoms with Crippen molar-refractivity contribution in [3.63, 3.8) is 0 Å². The van der Waals surface area contributed by atoms with Crippen LogP contribution in [0.15, 0.2) is 108 Å². The Morgan fingerprint density at radius 1 is 0.963 bits per heavy atom. The van der Waals surface area contributed by atoms with Crippen molar-refractivity contribution in [2.24, 2.45) is 23.7 Å². The van der Waals surface area contributed by atoms with E-state index in [2.05, 4.69) is 96.6 Å². The third-order valence-corrected chi connectivity index (χ3v) is 7.98. The summed E-state index contributed by atoms with van der Waals surface area (Å²) in [6, 6.07) is 0.255. The maximum Gasteiger partial charge on any atom is 0.306 e. The van der Waals surface area contributed by atoms with Crippen LogP contribution in [0.2, 0.25) is 0 Å². The maximum atomic E-state index is 11.4. The molecule has 6 heteroatoms. The van der Waals surface area contributed by atoms with E-state index in [4.69, 9.17) is 18.0 Å². The molecule has 0 saturated carbocycles. The van der Waals surface area contributed by atoms with E-state index in [1.54, 1.807) is 0 Å². The number of nitrogens with one attached hydrogen (secondary N) is 2. The molecule has 54 heavy (non-hydrogen) atoms. The van der Waals surface area contributed by atoms with Crippen LogP contribution in [0, 0.1) is 36.0 Å². The van der Waals surface area contributed by atoms with Crippen LogP contribution in [-0.2, 0) is 9.59 Å². The Balaban J connectivity index is -0.000000340. The number of hydrogen-bond donors (Lipinski definition) is 3. The number of aliphatic carboxylic acids is 1. The average molecular weight is 768 g/mol. The SMILES string of the molecule is C#CCC(=O)CN[C@@H](C)CCC(=C/C=C(C)C)/C=C(\C)Cl.C=C(C)NCC(C)C(=C)CC(CC(C)C)C(=O)O.C=C/C(C)=C\C=C/C.C=CC(C)CCC. The van der Waals surface area contributed by atoms with Gasteiger partial charge in [-0.2, -0.15) is 0 Å². The number of hydrogen-bond acceptors (Lipinski definition) is 4. The van der Waals surface area contributed by atoms with E-state index < -0.39 is 5.97 Å². The molecule has 3 N–H and O–H groups in total. The minimum Gasteiger partial charge on any atom is -0.481 e. The predicted octanol–water partition coefficient (Wildman–Crippen LogP) is 13.1. The van der Waals surface area contributed by atoms with E-state index in [1.165, 1.54) is 29.6 Å². The Morgan fingerprint density at radius 2 is 1.57 bits per heavy atom. The lowest BCUT2D eigenvalue weighted by Crippen LogP contribution is -2.31. The van der Waals surface area contributed by atoms with Crippen LogP contribution in [0.25, 0.3) is 0 Å². The summed E-state index contributed by atoms with van der Waals surface area (Å²) in [5.41, 5.74) is 5.55. The summed E-state index contributed by atoms with van der Waals surface area (Å²) in [7, 11) is 0. The Kier molecular flexibility index (Phi) is 39.9. The summed E-state index contributed by atoms with van der Waals surface area (Å²) in [5.74, 6) is 2.75. The highest BCUT2D eigenvalue weighted by Gasteiger charge is 2.21. The van der Waals surface area contributed by atoms with Gasteiger partial charge in [0, 0.05) is 23.3 Å². The second-order valence-electron chi connectivity index (χ2n) is 14.7. The zero-order valence-electron chi connectivity index (χ0n) is 36.4. The normalized spacial score (nSPS) is 13.5. The first-order chi connectivity index (χ1) is 25.2. The van der Waals surface area contributed by atoms with Crippen LogP contribution in [0.5, 0.6) is 0 Å². The smallest absolute Gasteiger partial charge is 0.306 e. The molecule has 0 aromatic rings.